The highest BCUT2D eigenvalue weighted by Crippen LogP contribution is 2.24. The van der Waals surface area contributed by atoms with Crippen LogP contribution < -0.4 is 5.43 Å². The van der Waals surface area contributed by atoms with E-state index in [9.17, 15) is 4.79 Å². The van der Waals surface area contributed by atoms with Gasteiger partial charge >= 0.3 is 0 Å². The predicted octanol–water partition coefficient (Wildman–Crippen LogP) is 4.18. The lowest BCUT2D eigenvalue weighted by molar-refractivity contribution is -0.118. The van der Waals surface area contributed by atoms with Crippen molar-refractivity contribution in [1.82, 2.24) is 20.2 Å². The van der Waals surface area contributed by atoms with Crippen molar-refractivity contribution < 1.29 is 4.79 Å². The molecule has 1 amide bonds. The first-order valence-electron chi connectivity index (χ1n) is 9.34. The molecule has 3 aromatic rings. The third kappa shape index (κ3) is 5.89. The van der Waals surface area contributed by atoms with Crippen LogP contribution in [0, 0.1) is 6.92 Å². The minimum absolute atomic E-state index is 0.193. The van der Waals surface area contributed by atoms with Crippen molar-refractivity contribution in [2.45, 2.75) is 25.5 Å². The van der Waals surface area contributed by atoms with Crippen LogP contribution in [0.4, 0.5) is 0 Å². The first-order chi connectivity index (χ1) is 14.2. The molecule has 0 fully saturated rings. The Morgan fingerprint density at radius 2 is 1.90 bits per heavy atom. The van der Waals surface area contributed by atoms with Crippen molar-refractivity contribution in [2.24, 2.45) is 5.10 Å². The summed E-state index contributed by atoms with van der Waals surface area (Å²) in [5.41, 5.74) is 5.80. The van der Waals surface area contributed by atoms with Crippen molar-refractivity contribution in [3.05, 3.63) is 71.8 Å². The third-order valence-electron chi connectivity index (χ3n) is 4.11. The fraction of sp³-hybridized carbons (Fsp3) is 0.182. The van der Waals surface area contributed by atoms with E-state index in [0.717, 1.165) is 23.5 Å². The van der Waals surface area contributed by atoms with Gasteiger partial charge in [-0.3, -0.25) is 4.79 Å². The van der Waals surface area contributed by atoms with Crippen LogP contribution in [0.2, 0.25) is 0 Å². The van der Waals surface area contributed by atoms with Crippen LogP contribution in [0.3, 0.4) is 0 Å². The minimum atomic E-state index is -0.193. The Morgan fingerprint density at radius 3 is 2.62 bits per heavy atom. The van der Waals surface area contributed by atoms with E-state index in [1.54, 1.807) is 12.3 Å². The molecule has 0 bridgehead atoms. The van der Waals surface area contributed by atoms with Gasteiger partial charge in [-0.05, 0) is 25.5 Å². The summed E-state index contributed by atoms with van der Waals surface area (Å²) in [7, 11) is 0. The Labute approximate surface area is 174 Å². The van der Waals surface area contributed by atoms with Crippen LogP contribution in [0.25, 0.3) is 17.5 Å². The first kappa shape index (κ1) is 20.5. The second kappa shape index (κ2) is 10.4. The molecule has 0 aliphatic rings. The summed E-state index contributed by atoms with van der Waals surface area (Å²) in [6, 6.07) is 18.1. The summed E-state index contributed by atoms with van der Waals surface area (Å²) in [6.45, 7) is 4.81. The van der Waals surface area contributed by atoms with Gasteiger partial charge in [0.25, 0.3) is 5.91 Å². The van der Waals surface area contributed by atoms with Crippen molar-refractivity contribution in [2.75, 3.05) is 5.75 Å². The smallest absolute Gasteiger partial charge is 0.250 e. The maximum absolute atomic E-state index is 12.0. The number of aryl methyl sites for hydroxylation is 1. The van der Waals surface area contributed by atoms with Gasteiger partial charge < -0.3 is 4.57 Å². The third-order valence-corrected chi connectivity index (χ3v) is 5.08. The molecule has 3 rings (SSSR count). The summed E-state index contributed by atoms with van der Waals surface area (Å²) in [6.07, 6.45) is 5.25. The Balaban J connectivity index is 1.53. The van der Waals surface area contributed by atoms with Crippen LogP contribution in [-0.2, 0) is 11.3 Å². The lowest BCUT2D eigenvalue weighted by Crippen LogP contribution is -2.19. The SMILES string of the molecule is CCn1c(SCC(=O)N/N=C\C=C\c2ccccc2)nnc1-c1ccc(C)cc1. The molecule has 0 aliphatic heterocycles. The maximum Gasteiger partial charge on any atom is 0.250 e. The molecule has 1 aromatic heterocycles. The highest BCUT2D eigenvalue weighted by Gasteiger charge is 2.14. The van der Waals surface area contributed by atoms with Gasteiger partial charge in [-0.25, -0.2) is 5.43 Å². The van der Waals surface area contributed by atoms with E-state index in [2.05, 4.69) is 32.9 Å². The molecule has 0 unspecified atom stereocenters. The quantitative estimate of drug-likeness (QED) is 0.347. The summed E-state index contributed by atoms with van der Waals surface area (Å²) in [5.74, 6) is 0.826. The average molecular weight is 406 g/mol. The van der Waals surface area contributed by atoms with Gasteiger partial charge in [0.2, 0.25) is 0 Å². The van der Waals surface area contributed by atoms with Gasteiger partial charge in [-0.2, -0.15) is 5.10 Å². The predicted molar refractivity (Wildman–Crippen MR) is 119 cm³/mol. The zero-order chi connectivity index (χ0) is 20.5. The number of allylic oxidation sites excluding steroid dienone is 1. The Kier molecular flexibility index (Phi) is 7.35. The van der Waals surface area contributed by atoms with Crippen molar-refractivity contribution in [3.63, 3.8) is 0 Å². The molecule has 0 radical (unpaired) electrons. The number of thioether (sulfide) groups is 1. The Hall–Kier alpha value is -3.19. The largest absolute Gasteiger partial charge is 0.302 e. The van der Waals surface area contributed by atoms with Gasteiger partial charge in [0.1, 0.15) is 0 Å². The van der Waals surface area contributed by atoms with Crippen molar-refractivity contribution in [1.29, 1.82) is 0 Å². The molecule has 0 saturated heterocycles. The second-order valence-electron chi connectivity index (χ2n) is 6.29. The number of carbonyl (C=O) groups excluding carboxylic acids is 1. The monoisotopic (exact) mass is 405 g/mol. The molecular formula is C22H23N5OS. The number of rotatable bonds is 8. The molecule has 148 valence electrons. The summed E-state index contributed by atoms with van der Waals surface area (Å²) >= 11 is 1.34. The van der Waals surface area contributed by atoms with E-state index >= 15 is 0 Å². The topological polar surface area (TPSA) is 72.2 Å². The molecule has 1 N–H and O–H groups in total. The van der Waals surface area contributed by atoms with E-state index in [0.29, 0.717) is 5.16 Å². The number of hydrazone groups is 1. The molecule has 29 heavy (non-hydrogen) atoms. The number of nitrogens with zero attached hydrogens (tertiary/aromatic N) is 4. The molecule has 0 aliphatic carbocycles. The van der Waals surface area contributed by atoms with Crippen LogP contribution in [-0.4, -0.2) is 32.6 Å². The highest BCUT2D eigenvalue weighted by molar-refractivity contribution is 7.99. The van der Waals surface area contributed by atoms with Crippen molar-refractivity contribution in [3.8, 4) is 11.4 Å². The lowest BCUT2D eigenvalue weighted by Gasteiger charge is -2.07. The zero-order valence-corrected chi connectivity index (χ0v) is 17.3. The zero-order valence-electron chi connectivity index (χ0n) is 16.4. The number of nitrogens with one attached hydrogen (secondary N) is 1. The van der Waals surface area contributed by atoms with Crippen LogP contribution in [0.5, 0.6) is 0 Å². The number of aromatic nitrogens is 3. The van der Waals surface area contributed by atoms with Crippen LogP contribution in [0.1, 0.15) is 18.1 Å². The highest BCUT2D eigenvalue weighted by atomic mass is 32.2. The maximum atomic E-state index is 12.0. The van der Waals surface area contributed by atoms with Gasteiger partial charge in [-0.15, -0.1) is 10.2 Å². The Bertz CT molecular complexity index is 994. The molecule has 6 nitrogen and oxygen atoms in total. The number of amides is 1. The molecule has 2 aromatic carbocycles. The fourth-order valence-corrected chi connectivity index (χ4v) is 3.42. The second-order valence-corrected chi connectivity index (χ2v) is 7.23. The van der Waals surface area contributed by atoms with Crippen molar-refractivity contribution >= 4 is 30.0 Å². The van der Waals surface area contributed by atoms with Gasteiger partial charge in [0.05, 0.1) is 5.75 Å². The first-order valence-corrected chi connectivity index (χ1v) is 10.3. The molecule has 0 spiro atoms. The lowest BCUT2D eigenvalue weighted by atomic mass is 10.1. The summed E-state index contributed by atoms with van der Waals surface area (Å²) < 4.78 is 2.01. The van der Waals surface area contributed by atoms with Gasteiger partial charge in [0.15, 0.2) is 11.0 Å². The van der Waals surface area contributed by atoms with E-state index in [1.165, 1.54) is 17.3 Å². The van der Waals surface area contributed by atoms with Crippen LogP contribution in [0.15, 0.2) is 70.9 Å². The fourth-order valence-electron chi connectivity index (χ4n) is 2.63. The molecule has 0 saturated carbocycles. The number of benzene rings is 2. The standard InChI is InChI=1S/C22H23N5OS/c1-3-27-21(19-13-11-17(2)12-14-19)25-26-22(27)29-16-20(28)24-23-15-7-10-18-8-5-4-6-9-18/h4-15H,3,16H2,1-2H3,(H,24,28)/b10-7+,23-15-. The number of hydrogen-bond acceptors (Lipinski definition) is 5. The van der Waals surface area contributed by atoms with Gasteiger partial charge in [0, 0.05) is 18.3 Å². The number of hydrogen-bond donors (Lipinski definition) is 1. The summed E-state index contributed by atoms with van der Waals surface area (Å²) in [5, 5.41) is 13.2. The summed E-state index contributed by atoms with van der Waals surface area (Å²) in [4.78, 5) is 12.0. The normalized spacial score (nSPS) is 11.4. The molecule has 0 atom stereocenters. The van der Waals surface area contributed by atoms with E-state index < -0.39 is 0 Å². The van der Waals surface area contributed by atoms with E-state index in [4.69, 9.17) is 0 Å². The Morgan fingerprint density at radius 1 is 1.14 bits per heavy atom. The van der Waals surface area contributed by atoms with Gasteiger partial charge in [-0.1, -0.05) is 78.0 Å². The minimum Gasteiger partial charge on any atom is -0.302 e. The average Bonchev–Trinajstić information content (AvgIpc) is 3.16. The molecule has 1 heterocycles. The molecular weight excluding hydrogens is 382 g/mol. The molecule has 7 heteroatoms. The van der Waals surface area contributed by atoms with E-state index in [1.807, 2.05) is 67.0 Å². The van der Waals surface area contributed by atoms with E-state index in [-0.39, 0.29) is 11.7 Å². The number of carbonyl (C=O) groups is 1. The van der Waals surface area contributed by atoms with Crippen LogP contribution >= 0.6 is 11.8 Å².